The Balaban J connectivity index is 0.838. The summed E-state index contributed by atoms with van der Waals surface area (Å²) < 4.78 is 5.30. The maximum Gasteiger partial charge on any atom is 0.0714 e. The number of benzene rings is 12. The lowest BCUT2D eigenvalue weighted by Gasteiger charge is -2.34. The van der Waals surface area contributed by atoms with Crippen molar-refractivity contribution in [2.45, 2.75) is 5.41 Å². The average molecular weight is 1000 g/mol. The van der Waals surface area contributed by atoms with E-state index in [0.29, 0.717) is 0 Å². The zero-order chi connectivity index (χ0) is 50.2. The third-order valence-electron chi connectivity index (χ3n) is 15.8. The van der Waals surface area contributed by atoms with E-state index in [9.17, 15) is 0 Å². The Kier molecular flexibility index (Phi) is 10.6. The van der Waals surface area contributed by atoms with Gasteiger partial charge in [0.2, 0.25) is 0 Å². The summed E-state index contributed by atoms with van der Waals surface area (Å²) >= 11 is 3.72. The quantitative estimate of drug-likeness (QED) is 0.139. The Labute approximate surface area is 450 Å². The molecule has 0 unspecified atom stereocenters. The van der Waals surface area contributed by atoms with Crippen LogP contribution < -0.4 is 4.90 Å². The highest BCUT2D eigenvalue weighted by Gasteiger charge is 2.47. The van der Waals surface area contributed by atoms with Gasteiger partial charge in [0.1, 0.15) is 0 Å². The lowest BCUT2D eigenvalue weighted by molar-refractivity contribution is 0.768. The van der Waals surface area contributed by atoms with Crippen LogP contribution in [0.1, 0.15) is 22.3 Å². The van der Waals surface area contributed by atoms with Gasteiger partial charge in [-0.1, -0.05) is 212 Å². The molecule has 2 aromatic heterocycles. The smallest absolute Gasteiger partial charge is 0.0714 e. The number of hydrogen-bond donors (Lipinski definition) is 0. The summed E-state index contributed by atoms with van der Waals surface area (Å²) in [4.78, 5) is 2.47. The zero-order valence-corrected chi connectivity index (χ0v) is 43.0. The number of fused-ring (bicyclic) bond motifs is 9. The van der Waals surface area contributed by atoms with E-state index < -0.39 is 5.41 Å². The van der Waals surface area contributed by atoms with Crippen LogP contribution in [0.3, 0.4) is 0 Å². The largest absolute Gasteiger partial charge is 0.310 e. The lowest BCUT2D eigenvalue weighted by atomic mass is 9.68. The van der Waals surface area contributed by atoms with E-state index in [1.807, 2.05) is 22.7 Å². The van der Waals surface area contributed by atoms with Crippen molar-refractivity contribution >= 4 is 80.1 Å². The van der Waals surface area contributed by atoms with E-state index in [1.54, 1.807) is 0 Å². The van der Waals surface area contributed by atoms with Crippen LogP contribution in [0, 0.1) is 0 Å². The van der Waals surface area contributed by atoms with E-state index in [-0.39, 0.29) is 0 Å². The van der Waals surface area contributed by atoms with Gasteiger partial charge in [0.25, 0.3) is 0 Å². The molecular weight excluding hydrogens is 955 g/mol. The first-order valence-electron chi connectivity index (χ1n) is 26.0. The van der Waals surface area contributed by atoms with Crippen LogP contribution in [0.5, 0.6) is 0 Å². The summed E-state index contributed by atoms with van der Waals surface area (Å²) in [5, 5.41) is 5.28. The van der Waals surface area contributed by atoms with E-state index in [0.717, 1.165) is 17.1 Å². The van der Waals surface area contributed by atoms with Gasteiger partial charge >= 0.3 is 0 Å². The minimum absolute atomic E-state index is 0.522. The molecule has 1 aliphatic rings. The van der Waals surface area contributed by atoms with Gasteiger partial charge in [-0.3, -0.25) is 0 Å². The summed E-state index contributed by atoms with van der Waals surface area (Å²) in [6, 6.07) is 106. The SMILES string of the molecule is c1ccc(C2(c3ccccc3)c3ccccc3-c3c(N(c4ccc(-c5ccc(-c6ccc7sc8ccccc8c7c6)cc5)cc4)c4ccc(-c5cccc(-c6ccc7sc8ccccc8c7c6)c5)cc4)cccc32)cc1. The van der Waals surface area contributed by atoms with Crippen molar-refractivity contribution in [1.29, 1.82) is 0 Å². The van der Waals surface area contributed by atoms with E-state index >= 15 is 0 Å². The predicted octanol–water partition coefficient (Wildman–Crippen LogP) is 20.9. The van der Waals surface area contributed by atoms with Gasteiger partial charge in [0.15, 0.2) is 0 Å². The third-order valence-corrected chi connectivity index (χ3v) is 18.1. The molecular formula is C73H47NS2. The second-order valence-corrected chi connectivity index (χ2v) is 22.1. The van der Waals surface area contributed by atoms with Gasteiger partial charge in [0, 0.05) is 57.3 Å². The van der Waals surface area contributed by atoms with Crippen molar-refractivity contribution < 1.29 is 0 Å². The molecule has 0 atom stereocenters. The highest BCUT2D eigenvalue weighted by Crippen LogP contribution is 2.59. The Hall–Kier alpha value is -9.12. The molecule has 0 N–H and O–H groups in total. The number of nitrogens with zero attached hydrogens (tertiary/aromatic N) is 1. The molecule has 0 amide bonds. The Morgan fingerprint density at radius 2 is 0.658 bits per heavy atom. The molecule has 0 saturated heterocycles. The number of rotatable bonds is 9. The maximum atomic E-state index is 2.47. The lowest BCUT2D eigenvalue weighted by Crippen LogP contribution is -2.28. The second kappa shape index (κ2) is 18.1. The fourth-order valence-corrected chi connectivity index (χ4v) is 14.4. The van der Waals surface area contributed by atoms with Crippen molar-refractivity contribution in [3.63, 3.8) is 0 Å². The van der Waals surface area contributed by atoms with E-state index in [2.05, 4.69) is 290 Å². The summed E-state index contributed by atoms with van der Waals surface area (Å²) in [5.41, 5.74) is 20.0. The fraction of sp³-hybridized carbons (Fsp3) is 0.0137. The van der Waals surface area contributed by atoms with Crippen LogP contribution in [0.25, 0.3) is 96.0 Å². The molecule has 2 heterocycles. The number of anilines is 3. The van der Waals surface area contributed by atoms with Crippen molar-refractivity contribution in [3.05, 3.63) is 307 Å². The van der Waals surface area contributed by atoms with Crippen molar-refractivity contribution in [2.75, 3.05) is 4.90 Å². The molecule has 0 fully saturated rings. The predicted molar refractivity (Wildman–Crippen MR) is 326 cm³/mol. The second-order valence-electron chi connectivity index (χ2n) is 19.9. The first-order valence-corrected chi connectivity index (χ1v) is 27.7. The van der Waals surface area contributed by atoms with Crippen LogP contribution in [0.2, 0.25) is 0 Å². The van der Waals surface area contributed by atoms with Crippen LogP contribution in [0.15, 0.2) is 285 Å². The van der Waals surface area contributed by atoms with Gasteiger partial charge in [-0.25, -0.2) is 0 Å². The van der Waals surface area contributed by atoms with Gasteiger partial charge in [-0.15, -0.1) is 22.7 Å². The summed E-state index contributed by atoms with van der Waals surface area (Å²) in [5.74, 6) is 0. The Morgan fingerprint density at radius 1 is 0.263 bits per heavy atom. The molecule has 3 heteroatoms. The number of thiophene rings is 2. The Bertz CT molecular complexity index is 4450. The topological polar surface area (TPSA) is 3.24 Å². The highest BCUT2D eigenvalue weighted by molar-refractivity contribution is 7.26. The van der Waals surface area contributed by atoms with Crippen molar-refractivity contribution in [3.8, 4) is 55.6 Å². The molecule has 356 valence electrons. The van der Waals surface area contributed by atoms with Gasteiger partial charge < -0.3 is 4.90 Å². The highest BCUT2D eigenvalue weighted by atomic mass is 32.1. The third kappa shape index (κ3) is 7.19. The molecule has 0 radical (unpaired) electrons. The van der Waals surface area contributed by atoms with Gasteiger partial charge in [0.05, 0.1) is 11.1 Å². The molecule has 0 aliphatic heterocycles. The summed E-state index contributed by atoms with van der Waals surface area (Å²) in [7, 11) is 0. The summed E-state index contributed by atoms with van der Waals surface area (Å²) in [6.45, 7) is 0. The van der Waals surface area contributed by atoms with Crippen LogP contribution in [0.4, 0.5) is 17.1 Å². The maximum absolute atomic E-state index is 2.47. The zero-order valence-electron chi connectivity index (χ0n) is 41.4. The minimum atomic E-state index is -0.522. The minimum Gasteiger partial charge on any atom is -0.310 e. The molecule has 1 aliphatic carbocycles. The molecule has 12 aromatic carbocycles. The monoisotopic (exact) mass is 1000 g/mol. The van der Waals surface area contributed by atoms with E-state index in [1.165, 1.54) is 118 Å². The van der Waals surface area contributed by atoms with E-state index in [4.69, 9.17) is 0 Å². The molecule has 0 spiro atoms. The summed E-state index contributed by atoms with van der Waals surface area (Å²) in [6.07, 6.45) is 0. The molecule has 14 aromatic rings. The average Bonchev–Trinajstić information content (AvgIpc) is 4.22. The molecule has 0 bridgehead atoms. The van der Waals surface area contributed by atoms with Crippen LogP contribution >= 0.6 is 22.7 Å². The van der Waals surface area contributed by atoms with Crippen LogP contribution in [-0.4, -0.2) is 0 Å². The van der Waals surface area contributed by atoms with Crippen molar-refractivity contribution in [1.82, 2.24) is 0 Å². The Morgan fingerprint density at radius 3 is 1.22 bits per heavy atom. The van der Waals surface area contributed by atoms with Crippen molar-refractivity contribution in [2.24, 2.45) is 0 Å². The van der Waals surface area contributed by atoms with Gasteiger partial charge in [-0.05, 0) is 145 Å². The fourth-order valence-electron chi connectivity index (χ4n) is 12.2. The van der Waals surface area contributed by atoms with Crippen LogP contribution in [-0.2, 0) is 5.41 Å². The molecule has 76 heavy (non-hydrogen) atoms. The molecule has 15 rings (SSSR count). The standard InChI is InChI=1S/C73H47NS2/c1-3-17-56(18-4-1)73(57-19-5-2-6-20-57)65-24-10-7-23-62(65)72-66(73)25-14-26-67(72)74(58-39-33-49(34-40-58)48-29-31-50(32-30-48)54-37-43-70-63(46-54)60-21-8-11-27-68(60)75-70)59-41-35-51(36-42-59)52-15-13-16-53(45-52)55-38-44-71-64(47-55)61-22-9-12-28-69(61)76-71/h1-47H. The first-order chi connectivity index (χ1) is 37.7. The van der Waals surface area contributed by atoms with Gasteiger partial charge in [-0.2, -0.15) is 0 Å². The normalized spacial score (nSPS) is 12.6. The number of hydrogen-bond acceptors (Lipinski definition) is 3. The molecule has 0 saturated carbocycles. The molecule has 1 nitrogen and oxygen atoms in total. The first kappa shape index (κ1) is 44.4.